The molecule has 0 saturated heterocycles. The van der Waals surface area contributed by atoms with E-state index < -0.39 is 0 Å². The minimum Gasteiger partial charge on any atom is -0.444 e. The molecule has 5 heteroatoms. The highest BCUT2D eigenvalue weighted by Crippen LogP contribution is 2.18. The van der Waals surface area contributed by atoms with Gasteiger partial charge in [0.25, 0.3) is 0 Å². The third-order valence-electron chi connectivity index (χ3n) is 2.83. The maximum atomic E-state index is 11.7. The number of amides is 1. The van der Waals surface area contributed by atoms with Crippen molar-refractivity contribution in [3.05, 3.63) is 17.8 Å². The average Bonchev–Trinajstić information content (AvgIpc) is 3.02. The van der Waals surface area contributed by atoms with E-state index in [1.54, 1.807) is 6.20 Å². The normalized spacial score (nSPS) is 16.8. The van der Waals surface area contributed by atoms with Crippen LogP contribution in [0.5, 0.6) is 0 Å². The summed E-state index contributed by atoms with van der Waals surface area (Å²) in [5.74, 6) is 1.56. The van der Waals surface area contributed by atoms with E-state index in [-0.39, 0.29) is 11.9 Å². The Balaban J connectivity index is 1.74. The second-order valence-corrected chi connectivity index (χ2v) is 4.46. The molecule has 0 aliphatic heterocycles. The van der Waals surface area contributed by atoms with Crippen molar-refractivity contribution < 1.29 is 9.21 Å². The Bertz CT molecular complexity index is 385. The van der Waals surface area contributed by atoms with Crippen LogP contribution in [0, 0.1) is 0 Å². The summed E-state index contributed by atoms with van der Waals surface area (Å²) in [4.78, 5) is 15.8. The van der Waals surface area contributed by atoms with Crippen molar-refractivity contribution in [1.82, 2.24) is 15.6 Å². The van der Waals surface area contributed by atoms with Crippen molar-refractivity contribution >= 4 is 5.91 Å². The van der Waals surface area contributed by atoms with Crippen molar-refractivity contribution in [3.63, 3.8) is 0 Å². The molecule has 1 aliphatic carbocycles. The molecule has 1 unspecified atom stereocenters. The molecule has 1 atom stereocenters. The van der Waals surface area contributed by atoms with Gasteiger partial charge in [-0.2, -0.15) is 0 Å². The van der Waals surface area contributed by atoms with Crippen molar-refractivity contribution in [2.24, 2.45) is 0 Å². The third-order valence-corrected chi connectivity index (χ3v) is 2.83. The zero-order valence-corrected chi connectivity index (χ0v) is 10.3. The lowest BCUT2D eigenvalue weighted by atomic mass is 10.3. The van der Waals surface area contributed by atoms with Crippen LogP contribution in [0.2, 0.25) is 0 Å². The van der Waals surface area contributed by atoms with Gasteiger partial charge in [0.05, 0.1) is 18.8 Å². The number of nitrogens with one attached hydrogen (secondary N) is 2. The van der Waals surface area contributed by atoms with Gasteiger partial charge in [0.2, 0.25) is 11.8 Å². The fraction of sp³-hybridized carbons (Fsp3) is 0.667. The second kappa shape index (κ2) is 5.31. The number of oxazole rings is 1. The molecular formula is C12H19N3O2. The number of nitrogens with zero attached hydrogens (tertiary/aromatic N) is 1. The summed E-state index contributed by atoms with van der Waals surface area (Å²) in [6, 6.07) is 0.188. The first-order chi connectivity index (χ1) is 8.19. The van der Waals surface area contributed by atoms with Gasteiger partial charge in [-0.05, 0) is 19.8 Å². The topological polar surface area (TPSA) is 67.2 Å². The molecule has 1 heterocycles. The number of carbonyl (C=O) groups is 1. The molecule has 2 N–H and O–H groups in total. The van der Waals surface area contributed by atoms with E-state index >= 15 is 0 Å². The van der Waals surface area contributed by atoms with Crippen LogP contribution in [0.25, 0.3) is 0 Å². The summed E-state index contributed by atoms with van der Waals surface area (Å²) in [7, 11) is 0. The van der Waals surface area contributed by atoms with Crippen LogP contribution in [-0.2, 0) is 17.8 Å². The van der Waals surface area contributed by atoms with E-state index in [4.69, 9.17) is 4.42 Å². The highest BCUT2D eigenvalue weighted by Gasteiger charge is 2.25. The summed E-state index contributed by atoms with van der Waals surface area (Å²) in [6.45, 7) is 4.35. The Morgan fingerprint density at radius 2 is 2.41 bits per heavy atom. The molecular weight excluding hydrogens is 218 g/mol. The van der Waals surface area contributed by atoms with Crippen LogP contribution in [0.3, 0.4) is 0 Å². The summed E-state index contributed by atoms with van der Waals surface area (Å²) in [6.07, 6.45) is 4.78. The summed E-state index contributed by atoms with van der Waals surface area (Å²) in [5, 5.41) is 6.05. The van der Waals surface area contributed by atoms with Crippen LogP contribution in [0.4, 0.5) is 0 Å². The summed E-state index contributed by atoms with van der Waals surface area (Å²) in [5.41, 5.74) is 0. The van der Waals surface area contributed by atoms with Gasteiger partial charge in [-0.25, -0.2) is 4.98 Å². The predicted molar refractivity (Wildman–Crippen MR) is 63.3 cm³/mol. The molecule has 1 aromatic heterocycles. The molecule has 1 aliphatic rings. The van der Waals surface area contributed by atoms with E-state index in [1.807, 2.05) is 13.8 Å². The zero-order chi connectivity index (χ0) is 12.3. The van der Waals surface area contributed by atoms with Gasteiger partial charge < -0.3 is 9.73 Å². The number of rotatable bonds is 6. The first-order valence-corrected chi connectivity index (χ1v) is 6.16. The molecule has 1 amide bonds. The van der Waals surface area contributed by atoms with Crippen molar-refractivity contribution in [3.8, 4) is 0 Å². The summed E-state index contributed by atoms with van der Waals surface area (Å²) >= 11 is 0. The van der Waals surface area contributed by atoms with Crippen LogP contribution in [-0.4, -0.2) is 23.0 Å². The highest BCUT2D eigenvalue weighted by atomic mass is 16.4. The third kappa shape index (κ3) is 3.56. The van der Waals surface area contributed by atoms with Gasteiger partial charge in [0.15, 0.2) is 0 Å². The maximum absolute atomic E-state index is 11.7. The highest BCUT2D eigenvalue weighted by molar-refractivity contribution is 5.81. The molecule has 5 nitrogen and oxygen atoms in total. The van der Waals surface area contributed by atoms with Crippen molar-refractivity contribution in [1.29, 1.82) is 0 Å². The molecule has 1 saturated carbocycles. The van der Waals surface area contributed by atoms with Gasteiger partial charge in [0.1, 0.15) is 5.76 Å². The molecule has 1 aromatic rings. The van der Waals surface area contributed by atoms with Gasteiger partial charge in [-0.3, -0.25) is 10.1 Å². The number of carbonyl (C=O) groups excluding carboxylic acids is 1. The van der Waals surface area contributed by atoms with Gasteiger partial charge in [-0.15, -0.1) is 0 Å². The van der Waals surface area contributed by atoms with Gasteiger partial charge >= 0.3 is 0 Å². The van der Waals surface area contributed by atoms with E-state index in [9.17, 15) is 4.79 Å². The van der Waals surface area contributed by atoms with Crippen LogP contribution in [0.1, 0.15) is 38.3 Å². The van der Waals surface area contributed by atoms with E-state index in [1.165, 1.54) is 0 Å². The van der Waals surface area contributed by atoms with E-state index in [0.29, 0.717) is 18.5 Å². The van der Waals surface area contributed by atoms with Crippen LogP contribution < -0.4 is 10.6 Å². The van der Waals surface area contributed by atoms with E-state index in [2.05, 4.69) is 15.6 Å². The fourth-order valence-corrected chi connectivity index (χ4v) is 1.48. The smallest absolute Gasteiger partial charge is 0.237 e. The molecule has 94 valence electrons. The standard InChI is InChI=1S/C12H19N3O2/c1-3-10-6-14-11(17-10)7-13-8(2)12(16)15-9-4-5-9/h6,8-9,13H,3-5,7H2,1-2H3,(H,15,16). The van der Waals surface area contributed by atoms with Gasteiger partial charge in [0, 0.05) is 12.5 Å². The SMILES string of the molecule is CCc1cnc(CNC(C)C(=O)NC2CC2)o1. The summed E-state index contributed by atoms with van der Waals surface area (Å²) < 4.78 is 5.45. The maximum Gasteiger partial charge on any atom is 0.237 e. The first-order valence-electron chi connectivity index (χ1n) is 6.16. The van der Waals surface area contributed by atoms with E-state index in [0.717, 1.165) is 25.0 Å². The lowest BCUT2D eigenvalue weighted by Crippen LogP contribution is -2.42. The lowest BCUT2D eigenvalue weighted by Gasteiger charge is -2.12. The second-order valence-electron chi connectivity index (χ2n) is 4.46. The van der Waals surface area contributed by atoms with Crippen molar-refractivity contribution in [2.75, 3.05) is 0 Å². The Kier molecular flexibility index (Phi) is 3.78. The molecule has 0 radical (unpaired) electrons. The Hall–Kier alpha value is -1.36. The molecule has 0 bridgehead atoms. The Morgan fingerprint density at radius 1 is 1.65 bits per heavy atom. The largest absolute Gasteiger partial charge is 0.444 e. The van der Waals surface area contributed by atoms with Crippen LogP contribution in [0.15, 0.2) is 10.6 Å². The fourth-order valence-electron chi connectivity index (χ4n) is 1.48. The van der Waals surface area contributed by atoms with Gasteiger partial charge in [-0.1, -0.05) is 6.92 Å². The molecule has 2 rings (SSSR count). The zero-order valence-electron chi connectivity index (χ0n) is 10.3. The number of hydrogen-bond donors (Lipinski definition) is 2. The minimum atomic E-state index is -0.215. The average molecular weight is 237 g/mol. The molecule has 0 aromatic carbocycles. The van der Waals surface area contributed by atoms with Crippen LogP contribution >= 0.6 is 0 Å². The molecule has 17 heavy (non-hydrogen) atoms. The molecule has 1 fully saturated rings. The Labute approximate surface area is 101 Å². The minimum absolute atomic E-state index is 0.0507. The Morgan fingerprint density at radius 3 is 3.00 bits per heavy atom. The predicted octanol–water partition coefficient (Wildman–Crippen LogP) is 0.994. The number of aromatic nitrogens is 1. The lowest BCUT2D eigenvalue weighted by molar-refractivity contribution is -0.122. The number of aryl methyl sites for hydroxylation is 1. The molecule has 0 spiro atoms. The van der Waals surface area contributed by atoms with Crippen molar-refractivity contribution in [2.45, 2.75) is 51.7 Å². The first kappa shape index (κ1) is 12.1. The monoisotopic (exact) mass is 237 g/mol. The quantitative estimate of drug-likeness (QED) is 0.774. The number of hydrogen-bond acceptors (Lipinski definition) is 4.